The van der Waals surface area contributed by atoms with Crippen LogP contribution in [0.5, 0.6) is 5.75 Å². The second-order valence-corrected chi connectivity index (χ2v) is 8.86. The second kappa shape index (κ2) is 11.6. The van der Waals surface area contributed by atoms with Crippen LogP contribution in [0.15, 0.2) is 0 Å². The maximum Gasteiger partial charge on any atom is 0.344 e. The molecule has 1 atom stereocenters. The lowest BCUT2D eigenvalue weighted by molar-refractivity contribution is -0.145. The molecule has 1 aromatic rings. The number of carbonyl (C=O) groups excluding carboxylic acids is 2. The number of unbranched alkanes of at least 4 members (excludes halogenated alkanes) is 2. The molecule has 0 radical (unpaired) electrons. The maximum absolute atomic E-state index is 12.4. The molecule has 0 aliphatic carbocycles. The Kier molecular flexibility index (Phi) is 10.6. The molecular weight excluding hydrogens is 693 g/mol. The monoisotopic (exact) mass is 714 g/mol. The van der Waals surface area contributed by atoms with Crippen molar-refractivity contribution in [3.05, 3.63) is 21.8 Å². The molecule has 10 heteroatoms. The van der Waals surface area contributed by atoms with Gasteiger partial charge in [0.15, 0.2) is 6.10 Å². The third-order valence-electron chi connectivity index (χ3n) is 3.79. The molecule has 0 spiro atoms. The van der Waals surface area contributed by atoms with E-state index in [1.54, 1.807) is 0 Å². The number of nitrogens with one attached hydrogen (secondary N) is 2. The lowest BCUT2D eigenvalue weighted by Crippen LogP contribution is -2.30. The van der Waals surface area contributed by atoms with Crippen molar-refractivity contribution in [2.45, 2.75) is 38.7 Å². The van der Waals surface area contributed by atoms with E-state index in [1.807, 2.05) is 74.7 Å². The molecule has 27 heavy (non-hydrogen) atoms. The van der Waals surface area contributed by atoms with Gasteiger partial charge in [-0.2, -0.15) is 0 Å². The number of benzene rings is 1. The average molecular weight is 714 g/mol. The predicted molar refractivity (Wildman–Crippen MR) is 128 cm³/mol. The largest absolute Gasteiger partial charge is 0.479 e. The fourth-order valence-corrected chi connectivity index (χ4v) is 6.75. The van der Waals surface area contributed by atoms with Crippen LogP contribution < -0.4 is 15.4 Å². The number of carbonyl (C=O) groups is 3. The Morgan fingerprint density at radius 3 is 1.81 bits per heavy atom. The number of ether oxygens (including phenoxy) is 1. The summed E-state index contributed by atoms with van der Waals surface area (Å²) < 4.78 is 7.29. The minimum Gasteiger partial charge on any atom is -0.479 e. The molecule has 3 N–H and O–H groups in total. The highest BCUT2D eigenvalue weighted by Crippen LogP contribution is 2.38. The lowest BCUT2D eigenvalue weighted by Gasteiger charge is -2.21. The van der Waals surface area contributed by atoms with E-state index in [0.717, 1.165) is 19.3 Å². The van der Waals surface area contributed by atoms with Crippen LogP contribution in [0.2, 0.25) is 0 Å². The van der Waals surface area contributed by atoms with Crippen molar-refractivity contribution < 1.29 is 24.2 Å². The number of hydrogen-bond acceptors (Lipinski definition) is 4. The van der Waals surface area contributed by atoms with Crippen LogP contribution >= 0.6 is 67.8 Å². The van der Waals surface area contributed by atoms with Crippen LogP contribution in [-0.4, -0.2) is 43.1 Å². The molecule has 1 aromatic carbocycles. The van der Waals surface area contributed by atoms with Gasteiger partial charge in [-0.25, -0.2) is 4.79 Å². The highest BCUT2D eigenvalue weighted by atomic mass is 127. The Balaban J connectivity index is 3.53. The summed E-state index contributed by atoms with van der Waals surface area (Å²) in [6.45, 7) is 2.03. The van der Waals surface area contributed by atoms with Gasteiger partial charge in [-0.15, -0.1) is 0 Å². The van der Waals surface area contributed by atoms with E-state index in [4.69, 9.17) is 4.74 Å². The number of carboxylic acid groups (broad SMARTS) is 1. The quantitative estimate of drug-likeness (QED) is 0.268. The number of hydrogen-bond donors (Lipinski definition) is 3. The zero-order valence-electron chi connectivity index (χ0n) is 15.1. The van der Waals surface area contributed by atoms with Gasteiger partial charge >= 0.3 is 5.97 Å². The second-order valence-electron chi connectivity index (χ2n) is 5.62. The summed E-state index contributed by atoms with van der Waals surface area (Å²) >= 11 is 5.89. The van der Waals surface area contributed by atoms with Gasteiger partial charge in [-0.05, 0) is 80.6 Å². The van der Waals surface area contributed by atoms with Crippen LogP contribution in [0.3, 0.4) is 0 Å². The maximum atomic E-state index is 12.4. The Labute approximate surface area is 199 Å². The van der Waals surface area contributed by atoms with Crippen molar-refractivity contribution in [3.63, 3.8) is 0 Å². The first-order valence-corrected chi connectivity index (χ1v) is 11.5. The molecule has 0 fully saturated rings. The van der Waals surface area contributed by atoms with E-state index in [0.29, 0.717) is 28.3 Å². The van der Waals surface area contributed by atoms with E-state index in [9.17, 15) is 19.5 Å². The van der Waals surface area contributed by atoms with Crippen molar-refractivity contribution in [2.75, 3.05) is 14.1 Å². The van der Waals surface area contributed by atoms with E-state index >= 15 is 0 Å². The fraction of sp³-hybridized carbons (Fsp3) is 0.471. The molecule has 1 rings (SSSR count). The smallest absolute Gasteiger partial charge is 0.344 e. The number of rotatable bonds is 9. The summed E-state index contributed by atoms with van der Waals surface area (Å²) in [6, 6.07) is 0. The first-order valence-electron chi connectivity index (χ1n) is 8.25. The van der Waals surface area contributed by atoms with Crippen molar-refractivity contribution in [1.29, 1.82) is 0 Å². The van der Waals surface area contributed by atoms with E-state index < -0.39 is 12.1 Å². The van der Waals surface area contributed by atoms with Gasteiger partial charge in [-0.3, -0.25) is 9.59 Å². The molecule has 0 aromatic heterocycles. The van der Waals surface area contributed by atoms with E-state index in [2.05, 4.69) is 10.6 Å². The minimum atomic E-state index is -1.07. The summed E-state index contributed by atoms with van der Waals surface area (Å²) in [5, 5.41) is 14.6. The fourth-order valence-electron chi connectivity index (χ4n) is 2.35. The third-order valence-corrected chi connectivity index (χ3v) is 6.93. The van der Waals surface area contributed by atoms with Crippen LogP contribution in [0, 0.1) is 10.7 Å². The highest BCUT2D eigenvalue weighted by molar-refractivity contribution is 14.1. The molecule has 1 unspecified atom stereocenters. The van der Waals surface area contributed by atoms with Gasteiger partial charge in [0.1, 0.15) is 5.75 Å². The molecule has 0 saturated heterocycles. The number of amides is 2. The SMILES string of the molecule is CCCCCC(Oc1c(I)c(C(=O)NC)c(I)c(C(=O)NC)c1I)C(=O)O. The first kappa shape index (κ1) is 24.7. The standard InChI is InChI=1S/C17H21I3N2O5/c1-4-5-6-7-8(17(25)26)27-14-12(19)9(15(23)21-2)11(18)10(13(14)20)16(24)22-3/h8H,4-7H2,1-3H3,(H,21,23)(H,22,24)(H,25,26). The van der Waals surface area contributed by atoms with Crippen LogP contribution in [0.1, 0.15) is 53.3 Å². The van der Waals surface area contributed by atoms with Gasteiger partial charge in [-0.1, -0.05) is 19.8 Å². The Morgan fingerprint density at radius 2 is 1.44 bits per heavy atom. The van der Waals surface area contributed by atoms with Crippen molar-refractivity contribution in [2.24, 2.45) is 0 Å². The minimum absolute atomic E-state index is 0.248. The van der Waals surface area contributed by atoms with Gasteiger partial charge in [0.2, 0.25) is 0 Å². The summed E-state index contributed by atoms with van der Waals surface area (Å²) in [6.07, 6.45) is 1.89. The van der Waals surface area contributed by atoms with Crippen molar-refractivity contribution in [3.8, 4) is 5.75 Å². The molecule has 0 bridgehead atoms. The molecule has 150 valence electrons. The van der Waals surface area contributed by atoms with Crippen LogP contribution in [0.25, 0.3) is 0 Å². The average Bonchev–Trinajstić information content (AvgIpc) is 2.62. The third kappa shape index (κ3) is 6.05. The van der Waals surface area contributed by atoms with E-state index in [-0.39, 0.29) is 17.6 Å². The predicted octanol–water partition coefficient (Wildman–Crippen LogP) is 3.63. The van der Waals surface area contributed by atoms with Gasteiger partial charge in [0.25, 0.3) is 11.8 Å². The summed E-state index contributed by atoms with van der Waals surface area (Å²) in [5.41, 5.74) is 0.593. The van der Waals surface area contributed by atoms with Crippen LogP contribution in [-0.2, 0) is 4.79 Å². The molecule has 0 saturated carbocycles. The molecule has 0 aliphatic heterocycles. The van der Waals surface area contributed by atoms with Crippen LogP contribution in [0.4, 0.5) is 0 Å². The zero-order chi connectivity index (χ0) is 20.7. The van der Waals surface area contributed by atoms with E-state index in [1.165, 1.54) is 14.1 Å². The number of carboxylic acids is 1. The lowest BCUT2D eigenvalue weighted by atomic mass is 10.1. The van der Waals surface area contributed by atoms with Gasteiger partial charge in [0, 0.05) is 17.7 Å². The summed E-state index contributed by atoms with van der Waals surface area (Å²) in [5.74, 6) is -1.56. The zero-order valence-corrected chi connectivity index (χ0v) is 21.6. The first-order chi connectivity index (χ1) is 12.7. The Bertz CT molecular complexity index is 697. The Morgan fingerprint density at radius 1 is 0.963 bits per heavy atom. The topological polar surface area (TPSA) is 105 Å². The van der Waals surface area contributed by atoms with Gasteiger partial charge in [0.05, 0.1) is 18.3 Å². The number of aliphatic carboxylic acids is 1. The van der Waals surface area contributed by atoms with Crippen molar-refractivity contribution in [1.82, 2.24) is 10.6 Å². The van der Waals surface area contributed by atoms with Crippen molar-refractivity contribution >= 4 is 85.6 Å². The summed E-state index contributed by atoms with van der Waals surface area (Å²) in [4.78, 5) is 36.4. The molecule has 0 aliphatic rings. The Hall–Kier alpha value is -0.380. The molecule has 7 nitrogen and oxygen atoms in total. The van der Waals surface area contributed by atoms with Gasteiger partial charge < -0.3 is 20.5 Å². The number of halogens is 3. The molecule has 0 heterocycles. The normalized spacial score (nSPS) is 11.6. The summed E-state index contributed by atoms with van der Waals surface area (Å²) in [7, 11) is 2.99. The highest BCUT2D eigenvalue weighted by Gasteiger charge is 2.30. The molecule has 2 amide bonds. The molecular formula is C17H21I3N2O5.